The number of sulfonamides is 1. The lowest BCUT2D eigenvalue weighted by molar-refractivity contribution is 0.174. The number of aryl methyl sites for hydroxylation is 1. The van der Waals surface area contributed by atoms with Gasteiger partial charge in [0, 0.05) is 22.7 Å². The Balaban J connectivity index is 1.81. The van der Waals surface area contributed by atoms with Gasteiger partial charge in [-0.2, -0.15) is 0 Å². The summed E-state index contributed by atoms with van der Waals surface area (Å²) in [6, 6.07) is 10.6. The Morgan fingerprint density at radius 3 is 2.42 bits per heavy atom. The highest BCUT2D eigenvalue weighted by Gasteiger charge is 2.19. The average Bonchev–Trinajstić information content (AvgIpc) is 3.03. The predicted molar refractivity (Wildman–Crippen MR) is 102 cm³/mol. The van der Waals surface area contributed by atoms with Crippen molar-refractivity contribution < 1.29 is 17.9 Å². The zero-order valence-electron chi connectivity index (χ0n) is 14.0. The van der Waals surface area contributed by atoms with E-state index in [0.29, 0.717) is 27.9 Å². The first-order valence-corrected chi connectivity index (χ1v) is 10.1. The van der Waals surface area contributed by atoms with Crippen LogP contribution in [0.4, 0.5) is 5.69 Å². The van der Waals surface area contributed by atoms with Crippen LogP contribution >= 0.6 is 11.6 Å². The van der Waals surface area contributed by atoms with Crippen LogP contribution in [-0.2, 0) is 10.0 Å². The lowest BCUT2D eigenvalue weighted by atomic mass is 10.0. The van der Waals surface area contributed by atoms with Gasteiger partial charge < -0.3 is 9.47 Å². The summed E-state index contributed by atoms with van der Waals surface area (Å²) in [7, 11) is -3.32. The van der Waals surface area contributed by atoms with E-state index in [1.165, 1.54) is 0 Å². The average molecular weight is 391 g/mol. The lowest BCUT2D eigenvalue weighted by Crippen LogP contribution is -2.09. The standard InChI is InChI=1S/C18H15ClN2O4S/c1-10-13-7-15-16(25-9-24-15)8-14(13)20-18(17(10)19)11-3-5-12(6-4-11)21-26(2,22)23/h3-8,21H,9H2,1-2H3. The number of rotatable bonds is 3. The van der Waals surface area contributed by atoms with Crippen molar-refractivity contribution >= 4 is 38.2 Å². The highest BCUT2D eigenvalue weighted by Crippen LogP contribution is 2.40. The van der Waals surface area contributed by atoms with Gasteiger partial charge in [-0.15, -0.1) is 0 Å². The van der Waals surface area contributed by atoms with Crippen LogP contribution in [0.25, 0.3) is 22.2 Å². The molecule has 1 aliphatic heterocycles. The maximum Gasteiger partial charge on any atom is 0.231 e. The minimum absolute atomic E-state index is 0.195. The van der Waals surface area contributed by atoms with Crippen LogP contribution in [0.3, 0.4) is 0 Å². The van der Waals surface area contributed by atoms with Crippen molar-refractivity contribution in [3.05, 3.63) is 47.0 Å². The molecule has 1 N–H and O–H groups in total. The Labute approximate surface area is 155 Å². The lowest BCUT2D eigenvalue weighted by Gasteiger charge is -2.12. The maximum absolute atomic E-state index is 11.3. The Morgan fingerprint density at radius 1 is 1.12 bits per heavy atom. The third-order valence-corrected chi connectivity index (χ3v) is 5.19. The summed E-state index contributed by atoms with van der Waals surface area (Å²) < 4.78 is 35.9. The number of hydrogen-bond acceptors (Lipinski definition) is 5. The molecule has 26 heavy (non-hydrogen) atoms. The van der Waals surface area contributed by atoms with Crippen molar-refractivity contribution in [3.63, 3.8) is 0 Å². The van der Waals surface area contributed by atoms with Gasteiger partial charge in [0.2, 0.25) is 16.8 Å². The summed E-state index contributed by atoms with van der Waals surface area (Å²) in [6.45, 7) is 2.12. The van der Waals surface area contributed by atoms with E-state index >= 15 is 0 Å². The molecule has 0 radical (unpaired) electrons. The molecule has 0 saturated carbocycles. The number of benzene rings is 2. The van der Waals surface area contributed by atoms with Crippen molar-refractivity contribution in [2.45, 2.75) is 6.92 Å². The van der Waals surface area contributed by atoms with E-state index in [2.05, 4.69) is 9.71 Å². The molecule has 134 valence electrons. The summed E-state index contributed by atoms with van der Waals surface area (Å²) >= 11 is 6.56. The van der Waals surface area contributed by atoms with E-state index in [1.807, 2.05) is 19.1 Å². The number of pyridine rings is 1. The van der Waals surface area contributed by atoms with Crippen LogP contribution in [0.5, 0.6) is 11.5 Å². The summed E-state index contributed by atoms with van der Waals surface area (Å²) in [6.07, 6.45) is 1.11. The Bertz CT molecular complexity index is 1130. The third kappa shape index (κ3) is 3.04. The van der Waals surface area contributed by atoms with Gasteiger partial charge in [0.05, 0.1) is 22.5 Å². The fourth-order valence-electron chi connectivity index (χ4n) is 2.89. The molecular formula is C18H15ClN2O4S. The van der Waals surface area contributed by atoms with E-state index in [1.54, 1.807) is 24.3 Å². The van der Waals surface area contributed by atoms with E-state index in [4.69, 9.17) is 21.1 Å². The van der Waals surface area contributed by atoms with Gasteiger partial charge in [0.1, 0.15) is 0 Å². The second-order valence-corrected chi connectivity index (χ2v) is 8.20. The highest BCUT2D eigenvalue weighted by atomic mass is 35.5. The molecule has 1 aliphatic rings. The number of halogens is 1. The Hall–Kier alpha value is -2.51. The summed E-state index contributed by atoms with van der Waals surface area (Å²) in [5, 5.41) is 1.44. The number of nitrogens with one attached hydrogen (secondary N) is 1. The minimum atomic E-state index is -3.32. The normalized spacial score (nSPS) is 13.2. The second-order valence-electron chi connectivity index (χ2n) is 6.07. The largest absolute Gasteiger partial charge is 0.454 e. The molecule has 2 aromatic carbocycles. The molecule has 1 aromatic heterocycles. The fourth-order valence-corrected chi connectivity index (χ4v) is 3.71. The molecule has 0 amide bonds. The molecule has 0 saturated heterocycles. The van der Waals surface area contributed by atoms with Crippen LogP contribution in [0, 0.1) is 6.92 Å². The maximum atomic E-state index is 11.3. The van der Waals surface area contributed by atoms with Crippen LogP contribution < -0.4 is 14.2 Å². The number of ether oxygens (including phenoxy) is 2. The SMILES string of the molecule is Cc1c(Cl)c(-c2ccc(NS(C)(=O)=O)cc2)nc2cc3c(cc12)OCO3. The molecular weight excluding hydrogens is 376 g/mol. The monoisotopic (exact) mass is 390 g/mol. The number of nitrogens with zero attached hydrogens (tertiary/aromatic N) is 1. The van der Waals surface area contributed by atoms with Crippen molar-refractivity contribution in [1.29, 1.82) is 0 Å². The molecule has 0 spiro atoms. The molecule has 0 fully saturated rings. The second kappa shape index (κ2) is 6.03. The van der Waals surface area contributed by atoms with Crippen molar-refractivity contribution in [2.24, 2.45) is 0 Å². The molecule has 4 rings (SSSR count). The van der Waals surface area contributed by atoms with E-state index in [9.17, 15) is 8.42 Å². The Kier molecular flexibility index (Phi) is 3.93. The summed E-state index contributed by atoms with van der Waals surface area (Å²) in [5.74, 6) is 1.34. The fraction of sp³-hybridized carbons (Fsp3) is 0.167. The molecule has 0 atom stereocenters. The van der Waals surface area contributed by atoms with E-state index < -0.39 is 10.0 Å². The first-order chi connectivity index (χ1) is 12.3. The first kappa shape index (κ1) is 16.9. The van der Waals surface area contributed by atoms with Crippen LogP contribution in [0.1, 0.15) is 5.56 Å². The van der Waals surface area contributed by atoms with Crippen molar-refractivity contribution in [3.8, 4) is 22.8 Å². The predicted octanol–water partition coefficient (Wildman–Crippen LogP) is 3.96. The van der Waals surface area contributed by atoms with Crippen LogP contribution in [0.2, 0.25) is 5.02 Å². The highest BCUT2D eigenvalue weighted by molar-refractivity contribution is 7.92. The number of hydrogen-bond donors (Lipinski definition) is 1. The number of anilines is 1. The van der Waals surface area contributed by atoms with Crippen molar-refractivity contribution in [2.75, 3.05) is 17.8 Å². The van der Waals surface area contributed by atoms with Gasteiger partial charge in [-0.1, -0.05) is 23.7 Å². The molecule has 8 heteroatoms. The van der Waals surface area contributed by atoms with E-state index in [-0.39, 0.29) is 6.79 Å². The molecule has 0 aliphatic carbocycles. The van der Waals surface area contributed by atoms with Crippen LogP contribution in [0.15, 0.2) is 36.4 Å². The van der Waals surface area contributed by atoms with E-state index in [0.717, 1.165) is 28.3 Å². The minimum Gasteiger partial charge on any atom is -0.454 e. The van der Waals surface area contributed by atoms with Gasteiger partial charge >= 0.3 is 0 Å². The third-order valence-electron chi connectivity index (χ3n) is 4.13. The molecule has 3 aromatic rings. The molecule has 6 nitrogen and oxygen atoms in total. The van der Waals surface area contributed by atoms with Crippen molar-refractivity contribution in [1.82, 2.24) is 4.98 Å². The zero-order valence-corrected chi connectivity index (χ0v) is 15.6. The first-order valence-electron chi connectivity index (χ1n) is 7.79. The van der Waals surface area contributed by atoms with Crippen LogP contribution in [-0.4, -0.2) is 26.5 Å². The van der Waals surface area contributed by atoms with Gasteiger partial charge in [0.15, 0.2) is 11.5 Å². The Morgan fingerprint density at radius 2 is 1.77 bits per heavy atom. The number of aromatic nitrogens is 1. The van der Waals surface area contributed by atoms with Gasteiger partial charge in [-0.3, -0.25) is 4.72 Å². The quantitative estimate of drug-likeness (QED) is 0.732. The topological polar surface area (TPSA) is 77.5 Å². The van der Waals surface area contributed by atoms with Gasteiger partial charge in [-0.25, -0.2) is 13.4 Å². The molecule has 0 bridgehead atoms. The molecule has 2 heterocycles. The van der Waals surface area contributed by atoms with Gasteiger partial charge in [-0.05, 0) is 30.7 Å². The summed E-state index contributed by atoms with van der Waals surface area (Å²) in [4.78, 5) is 4.68. The smallest absolute Gasteiger partial charge is 0.231 e. The van der Waals surface area contributed by atoms with Gasteiger partial charge in [0.25, 0.3) is 0 Å². The zero-order chi connectivity index (χ0) is 18.5. The summed E-state index contributed by atoms with van der Waals surface area (Å²) in [5.41, 5.74) is 3.54. The molecule has 0 unspecified atom stereocenters. The number of fused-ring (bicyclic) bond motifs is 2.